The fraction of sp³-hybridized carbons (Fsp3) is 0.774. The van der Waals surface area contributed by atoms with Gasteiger partial charge in [0.15, 0.2) is 0 Å². The molecule has 1 aromatic carbocycles. The molecule has 0 unspecified atom stereocenters. The number of hydrogen-bond acceptors (Lipinski definition) is 8. The number of fused-ring (bicyclic) bond motifs is 2. The Bertz CT molecular complexity index is 1120. The number of carbonyl (C=O) groups is 1. The number of likely N-dealkylation sites (tertiary alicyclic amines) is 1. The highest BCUT2D eigenvalue weighted by molar-refractivity contribution is 5.89. The van der Waals surface area contributed by atoms with Gasteiger partial charge in [0.2, 0.25) is 0 Å². The van der Waals surface area contributed by atoms with Crippen molar-refractivity contribution in [3.63, 3.8) is 0 Å². The van der Waals surface area contributed by atoms with Crippen molar-refractivity contribution in [2.24, 2.45) is 40.4 Å². The normalized spacial score (nSPS) is 51.1. The Balaban J connectivity index is 1.44. The number of aliphatic hydroxyl groups is 2. The number of methoxy groups -OCH3 is 3. The monoisotopic (exact) mass is 541 g/mol. The number of nitrogens with zero attached hydrogens (tertiary/aromatic N) is 1. The van der Waals surface area contributed by atoms with Crippen LogP contribution >= 0.6 is 0 Å². The van der Waals surface area contributed by atoms with Gasteiger partial charge in [-0.2, -0.15) is 0 Å². The van der Waals surface area contributed by atoms with Gasteiger partial charge in [-0.25, -0.2) is 4.79 Å². The van der Waals surface area contributed by atoms with Gasteiger partial charge in [0, 0.05) is 74.8 Å². The van der Waals surface area contributed by atoms with E-state index in [0.717, 1.165) is 32.4 Å². The Morgan fingerprint density at radius 1 is 1.13 bits per heavy atom. The smallest absolute Gasteiger partial charge is 0.338 e. The molecule has 5 saturated carbocycles. The van der Waals surface area contributed by atoms with Crippen LogP contribution in [0.15, 0.2) is 30.3 Å². The van der Waals surface area contributed by atoms with Crippen molar-refractivity contribution in [2.45, 2.75) is 68.7 Å². The first kappa shape index (κ1) is 26.4. The van der Waals surface area contributed by atoms with Crippen LogP contribution in [-0.2, 0) is 18.9 Å². The number of piperidine rings is 1. The zero-order valence-corrected chi connectivity index (χ0v) is 23.5. The van der Waals surface area contributed by atoms with Crippen LogP contribution in [0.2, 0.25) is 0 Å². The predicted octanol–water partition coefficient (Wildman–Crippen LogP) is 2.37. The number of benzene rings is 1. The first-order chi connectivity index (χ1) is 18.8. The van der Waals surface area contributed by atoms with E-state index in [0.29, 0.717) is 18.6 Å². The van der Waals surface area contributed by atoms with Crippen molar-refractivity contribution < 1.29 is 34.0 Å². The highest BCUT2D eigenvalue weighted by atomic mass is 16.5. The zero-order chi connectivity index (χ0) is 27.3. The zero-order valence-electron chi connectivity index (χ0n) is 23.5. The number of rotatable bonds is 7. The average molecular weight is 542 g/mol. The molecule has 5 aliphatic carbocycles. The van der Waals surface area contributed by atoms with Crippen molar-refractivity contribution in [3.05, 3.63) is 35.9 Å². The maximum Gasteiger partial charge on any atom is 0.338 e. The van der Waals surface area contributed by atoms with E-state index in [1.807, 2.05) is 30.3 Å². The molecule has 0 radical (unpaired) electrons. The van der Waals surface area contributed by atoms with Gasteiger partial charge in [-0.05, 0) is 43.9 Å². The molecule has 13 atom stereocenters. The average Bonchev–Trinajstić information content (AvgIpc) is 3.35. The molecule has 6 fully saturated rings. The molecule has 214 valence electrons. The second-order valence-electron chi connectivity index (χ2n) is 13.3. The van der Waals surface area contributed by atoms with Crippen molar-refractivity contribution in [3.8, 4) is 0 Å². The van der Waals surface area contributed by atoms with Gasteiger partial charge in [-0.3, -0.25) is 4.90 Å². The molecule has 6 aliphatic rings. The highest BCUT2D eigenvalue weighted by Crippen LogP contribution is 2.79. The number of esters is 1. The minimum Gasteiger partial charge on any atom is -0.458 e. The van der Waals surface area contributed by atoms with Gasteiger partial charge in [-0.15, -0.1) is 0 Å². The van der Waals surface area contributed by atoms with E-state index in [9.17, 15) is 15.0 Å². The van der Waals surface area contributed by atoms with Crippen molar-refractivity contribution in [2.75, 3.05) is 41.0 Å². The summed E-state index contributed by atoms with van der Waals surface area (Å²) in [7, 11) is 5.23. The van der Waals surface area contributed by atoms with E-state index in [-0.39, 0.29) is 65.3 Å². The first-order valence-electron chi connectivity index (χ1n) is 14.8. The summed E-state index contributed by atoms with van der Waals surface area (Å²) in [5.41, 5.74) is -1.23. The molecule has 7 rings (SSSR count). The lowest BCUT2D eigenvalue weighted by atomic mass is 9.43. The summed E-state index contributed by atoms with van der Waals surface area (Å²) in [6.45, 7) is 4.48. The Morgan fingerprint density at radius 3 is 2.56 bits per heavy atom. The fourth-order valence-corrected chi connectivity index (χ4v) is 11.6. The van der Waals surface area contributed by atoms with Crippen LogP contribution in [0.3, 0.4) is 0 Å². The SMILES string of the molecule is CCN1C[C@]2(COC)CC[C@H](OC(=O)c3ccccc3)[C@@]34[C@@H]5C[C@H]6[C@H](O)[C@@H]5[C@](O)(C[C@@H]6OC)[C@@H]([C@H](OC)[C@H]23)[C@@H]14. The molecule has 8 heteroatoms. The molecular weight excluding hydrogens is 498 g/mol. The van der Waals surface area contributed by atoms with Crippen LogP contribution < -0.4 is 0 Å². The highest BCUT2D eigenvalue weighted by Gasteiger charge is 2.86. The van der Waals surface area contributed by atoms with E-state index in [4.69, 9.17) is 18.9 Å². The molecule has 1 saturated heterocycles. The summed E-state index contributed by atoms with van der Waals surface area (Å²) in [5.74, 6) is -0.847. The van der Waals surface area contributed by atoms with Gasteiger partial charge in [-0.1, -0.05) is 25.1 Å². The quantitative estimate of drug-likeness (QED) is 0.508. The van der Waals surface area contributed by atoms with Gasteiger partial charge in [0.05, 0.1) is 36.1 Å². The molecule has 1 heterocycles. The van der Waals surface area contributed by atoms with Crippen LogP contribution in [0.4, 0.5) is 0 Å². The van der Waals surface area contributed by atoms with Crippen molar-refractivity contribution in [1.29, 1.82) is 0 Å². The van der Waals surface area contributed by atoms with Crippen LogP contribution in [0, 0.1) is 40.4 Å². The molecule has 1 aromatic rings. The van der Waals surface area contributed by atoms with Crippen LogP contribution in [0.1, 0.15) is 43.0 Å². The van der Waals surface area contributed by atoms with E-state index < -0.39 is 17.1 Å². The summed E-state index contributed by atoms with van der Waals surface area (Å²) in [4.78, 5) is 16.2. The van der Waals surface area contributed by atoms with E-state index >= 15 is 0 Å². The molecule has 39 heavy (non-hydrogen) atoms. The molecule has 1 spiro atoms. The standard InChI is InChI=1S/C31H43NO7/c1-5-32-15-29(16-36-2)12-11-21(39-28(34)17-9-7-6-8-10-17)31-19-13-18-20(37-3)14-30(35,22(19)24(18)33)23(27(31)32)25(38-4)26(29)31/h6-10,18-27,33,35H,5,11-16H2,1-4H3/t18-,19-,20+,21+,22-,23+,24+,25+,26-,27-,29+,30-,31+/m1/s1. The number of carbonyl (C=O) groups excluding carboxylic acids is 1. The Labute approximate surface area is 230 Å². The third kappa shape index (κ3) is 3.08. The molecular formula is C31H43NO7. The fourth-order valence-electron chi connectivity index (χ4n) is 11.6. The van der Waals surface area contributed by atoms with E-state index in [1.54, 1.807) is 21.3 Å². The summed E-state index contributed by atoms with van der Waals surface area (Å²) in [6, 6.07) is 9.22. The predicted molar refractivity (Wildman–Crippen MR) is 142 cm³/mol. The lowest BCUT2D eigenvalue weighted by Gasteiger charge is -2.68. The third-order valence-corrected chi connectivity index (χ3v) is 12.3. The molecule has 8 nitrogen and oxygen atoms in total. The van der Waals surface area contributed by atoms with Crippen LogP contribution in [-0.4, -0.2) is 98.2 Å². The second-order valence-corrected chi connectivity index (χ2v) is 13.3. The van der Waals surface area contributed by atoms with E-state index in [2.05, 4.69) is 11.8 Å². The van der Waals surface area contributed by atoms with Crippen molar-refractivity contribution in [1.82, 2.24) is 4.90 Å². The van der Waals surface area contributed by atoms with Crippen molar-refractivity contribution >= 4 is 5.97 Å². The van der Waals surface area contributed by atoms with E-state index in [1.165, 1.54) is 0 Å². The van der Waals surface area contributed by atoms with Gasteiger partial charge in [0.25, 0.3) is 0 Å². The Morgan fingerprint density at radius 2 is 1.90 bits per heavy atom. The lowest BCUT2D eigenvalue weighted by Crippen LogP contribution is -2.76. The number of hydrogen-bond donors (Lipinski definition) is 2. The molecule has 0 aromatic heterocycles. The largest absolute Gasteiger partial charge is 0.458 e. The maximum absolute atomic E-state index is 13.6. The van der Waals surface area contributed by atoms with Gasteiger partial charge in [0.1, 0.15) is 6.10 Å². The minimum atomic E-state index is -1.13. The summed E-state index contributed by atoms with van der Waals surface area (Å²) in [6.07, 6.45) is 1.40. The Hall–Kier alpha value is -1.55. The summed E-state index contributed by atoms with van der Waals surface area (Å²) < 4.78 is 24.9. The van der Waals surface area contributed by atoms with Crippen LogP contribution in [0.25, 0.3) is 0 Å². The van der Waals surface area contributed by atoms with Crippen LogP contribution in [0.5, 0.6) is 0 Å². The second kappa shape index (κ2) is 8.97. The minimum absolute atomic E-state index is 0.0199. The first-order valence-corrected chi connectivity index (χ1v) is 14.8. The summed E-state index contributed by atoms with van der Waals surface area (Å²) in [5, 5.41) is 24.6. The molecule has 7 bridgehead atoms. The third-order valence-electron chi connectivity index (χ3n) is 12.3. The number of ether oxygens (including phenoxy) is 4. The molecule has 2 N–H and O–H groups in total. The molecule has 1 aliphatic heterocycles. The van der Waals surface area contributed by atoms with Gasteiger partial charge >= 0.3 is 5.97 Å². The number of aliphatic hydroxyl groups excluding tert-OH is 1. The Kier molecular flexibility index (Phi) is 6.06. The topological polar surface area (TPSA) is 97.7 Å². The lowest BCUT2D eigenvalue weighted by molar-refractivity contribution is -0.272. The molecule has 0 amide bonds. The summed E-state index contributed by atoms with van der Waals surface area (Å²) >= 11 is 0. The maximum atomic E-state index is 13.6. The van der Waals surface area contributed by atoms with Gasteiger partial charge < -0.3 is 29.2 Å².